The highest BCUT2D eigenvalue weighted by Crippen LogP contribution is 2.30. The standard InChI is InChI=1S/C17H24N4/c1-3-21-10-4-5-13(21)12-20(2)17-7-6-16(18)15-11-19-9-8-14(15)17/h6-9,11,13H,3-5,10,12,18H2,1-2H3. The maximum atomic E-state index is 6.07. The third kappa shape index (κ3) is 2.68. The van der Waals surface area contributed by atoms with Crippen LogP contribution in [0.2, 0.25) is 0 Å². The van der Waals surface area contributed by atoms with E-state index in [1.54, 1.807) is 0 Å². The van der Waals surface area contributed by atoms with Crippen LogP contribution in [0.3, 0.4) is 0 Å². The molecular formula is C17H24N4. The van der Waals surface area contributed by atoms with E-state index in [4.69, 9.17) is 5.73 Å². The first-order valence-corrected chi connectivity index (χ1v) is 7.78. The zero-order valence-corrected chi connectivity index (χ0v) is 12.9. The zero-order valence-electron chi connectivity index (χ0n) is 12.9. The predicted octanol–water partition coefficient (Wildman–Crippen LogP) is 2.74. The van der Waals surface area contributed by atoms with E-state index in [1.165, 1.54) is 30.5 Å². The Morgan fingerprint density at radius 1 is 1.33 bits per heavy atom. The summed E-state index contributed by atoms with van der Waals surface area (Å²) < 4.78 is 0. The molecule has 4 heteroatoms. The summed E-state index contributed by atoms with van der Waals surface area (Å²) >= 11 is 0. The molecule has 21 heavy (non-hydrogen) atoms. The number of nitrogen functional groups attached to an aromatic ring is 1. The molecule has 1 atom stereocenters. The minimum atomic E-state index is 0.662. The van der Waals surface area contributed by atoms with Gasteiger partial charge in [0.15, 0.2) is 0 Å². The maximum absolute atomic E-state index is 6.07. The predicted molar refractivity (Wildman–Crippen MR) is 89.7 cm³/mol. The lowest BCUT2D eigenvalue weighted by Crippen LogP contribution is -2.38. The highest BCUT2D eigenvalue weighted by Gasteiger charge is 2.24. The lowest BCUT2D eigenvalue weighted by Gasteiger charge is -2.29. The minimum Gasteiger partial charge on any atom is -0.398 e. The third-order valence-electron chi connectivity index (χ3n) is 4.63. The van der Waals surface area contributed by atoms with Gasteiger partial charge in [0.1, 0.15) is 0 Å². The van der Waals surface area contributed by atoms with Gasteiger partial charge in [-0.05, 0) is 44.1 Å². The summed E-state index contributed by atoms with van der Waals surface area (Å²) in [5.41, 5.74) is 8.10. The minimum absolute atomic E-state index is 0.662. The number of nitrogens with two attached hydrogens (primary N) is 1. The van der Waals surface area contributed by atoms with Crippen molar-refractivity contribution in [3.63, 3.8) is 0 Å². The molecule has 1 aromatic carbocycles. The third-order valence-corrected chi connectivity index (χ3v) is 4.63. The molecule has 2 N–H and O–H groups in total. The molecule has 3 rings (SSSR count). The summed E-state index contributed by atoms with van der Waals surface area (Å²) in [5, 5.41) is 2.23. The van der Waals surface area contributed by atoms with Gasteiger partial charge in [-0.15, -0.1) is 0 Å². The van der Waals surface area contributed by atoms with Gasteiger partial charge in [0, 0.05) is 54.2 Å². The van der Waals surface area contributed by atoms with E-state index in [1.807, 2.05) is 18.5 Å². The molecule has 2 heterocycles. The van der Waals surface area contributed by atoms with Crippen molar-refractivity contribution in [3.05, 3.63) is 30.6 Å². The van der Waals surface area contributed by atoms with Crippen LogP contribution < -0.4 is 10.6 Å². The van der Waals surface area contributed by atoms with Gasteiger partial charge in [-0.3, -0.25) is 9.88 Å². The Hall–Kier alpha value is -1.81. The van der Waals surface area contributed by atoms with E-state index in [-0.39, 0.29) is 0 Å². The Balaban J connectivity index is 1.88. The van der Waals surface area contributed by atoms with Crippen LogP contribution in [0.1, 0.15) is 19.8 Å². The number of aromatic nitrogens is 1. The van der Waals surface area contributed by atoms with Crippen molar-refractivity contribution in [2.45, 2.75) is 25.8 Å². The second kappa shape index (κ2) is 5.90. The van der Waals surface area contributed by atoms with Crippen molar-refractivity contribution in [3.8, 4) is 0 Å². The maximum Gasteiger partial charge on any atom is 0.0446 e. The summed E-state index contributed by atoms with van der Waals surface area (Å²) in [6.45, 7) is 5.70. The number of anilines is 2. The number of pyridine rings is 1. The number of benzene rings is 1. The van der Waals surface area contributed by atoms with E-state index < -0.39 is 0 Å². The fourth-order valence-electron chi connectivity index (χ4n) is 3.46. The fraction of sp³-hybridized carbons (Fsp3) is 0.471. The number of hydrogen-bond acceptors (Lipinski definition) is 4. The van der Waals surface area contributed by atoms with Crippen molar-refractivity contribution in [1.82, 2.24) is 9.88 Å². The molecule has 1 aliphatic heterocycles. The number of likely N-dealkylation sites (tertiary alicyclic amines) is 1. The molecule has 0 amide bonds. The molecule has 112 valence electrons. The number of rotatable bonds is 4. The van der Waals surface area contributed by atoms with Crippen LogP contribution in [0, 0.1) is 0 Å². The Bertz CT molecular complexity index is 625. The highest BCUT2D eigenvalue weighted by atomic mass is 15.2. The average Bonchev–Trinajstić information content (AvgIpc) is 2.95. The number of nitrogens with zero attached hydrogens (tertiary/aromatic N) is 3. The monoisotopic (exact) mass is 284 g/mol. The van der Waals surface area contributed by atoms with E-state index in [2.05, 4.69) is 40.9 Å². The van der Waals surface area contributed by atoms with Gasteiger partial charge in [-0.2, -0.15) is 0 Å². The fourth-order valence-corrected chi connectivity index (χ4v) is 3.46. The first kappa shape index (κ1) is 14.1. The molecular weight excluding hydrogens is 260 g/mol. The quantitative estimate of drug-likeness (QED) is 0.877. The number of hydrogen-bond donors (Lipinski definition) is 1. The largest absolute Gasteiger partial charge is 0.398 e. The summed E-state index contributed by atoms with van der Waals surface area (Å²) in [4.78, 5) is 9.14. The van der Waals surface area contributed by atoms with E-state index in [0.717, 1.165) is 24.2 Å². The molecule has 1 fully saturated rings. The molecule has 0 radical (unpaired) electrons. The van der Waals surface area contributed by atoms with Gasteiger partial charge in [-0.25, -0.2) is 0 Å². The van der Waals surface area contributed by atoms with Crippen molar-refractivity contribution >= 4 is 22.1 Å². The Kier molecular flexibility index (Phi) is 3.97. The van der Waals surface area contributed by atoms with Gasteiger partial charge in [0.25, 0.3) is 0 Å². The molecule has 1 aliphatic rings. The van der Waals surface area contributed by atoms with Crippen LogP contribution in [0.15, 0.2) is 30.6 Å². The van der Waals surface area contributed by atoms with Crippen LogP contribution in [-0.2, 0) is 0 Å². The molecule has 0 bridgehead atoms. The summed E-state index contributed by atoms with van der Waals surface area (Å²) in [6.07, 6.45) is 6.31. The molecule has 0 spiro atoms. The lowest BCUT2D eigenvalue weighted by molar-refractivity contribution is 0.271. The van der Waals surface area contributed by atoms with Crippen molar-refractivity contribution in [2.24, 2.45) is 0 Å². The number of likely N-dealkylation sites (N-methyl/N-ethyl adjacent to an activating group) is 2. The Labute approximate surface area is 126 Å². The topological polar surface area (TPSA) is 45.4 Å². The van der Waals surface area contributed by atoms with Crippen molar-refractivity contribution in [1.29, 1.82) is 0 Å². The summed E-state index contributed by atoms with van der Waals surface area (Å²) in [6, 6.07) is 6.84. The van der Waals surface area contributed by atoms with Gasteiger partial charge >= 0.3 is 0 Å². The van der Waals surface area contributed by atoms with Gasteiger partial charge in [-0.1, -0.05) is 6.92 Å². The lowest BCUT2D eigenvalue weighted by atomic mass is 10.1. The van der Waals surface area contributed by atoms with E-state index in [0.29, 0.717) is 6.04 Å². The van der Waals surface area contributed by atoms with Gasteiger partial charge < -0.3 is 10.6 Å². The average molecular weight is 284 g/mol. The van der Waals surface area contributed by atoms with Crippen LogP contribution >= 0.6 is 0 Å². The van der Waals surface area contributed by atoms with Crippen LogP contribution in [-0.4, -0.2) is 42.6 Å². The summed E-state index contributed by atoms with van der Waals surface area (Å²) in [5.74, 6) is 0. The normalized spacial score (nSPS) is 19.2. The summed E-state index contributed by atoms with van der Waals surface area (Å²) in [7, 11) is 2.18. The first-order chi connectivity index (χ1) is 10.2. The first-order valence-electron chi connectivity index (χ1n) is 7.78. The van der Waals surface area contributed by atoms with E-state index >= 15 is 0 Å². The SMILES string of the molecule is CCN1CCCC1CN(C)c1ccc(N)c2cnccc12. The Morgan fingerprint density at radius 2 is 2.19 bits per heavy atom. The Morgan fingerprint density at radius 3 is 3.00 bits per heavy atom. The second-order valence-electron chi connectivity index (χ2n) is 5.90. The molecule has 1 aromatic heterocycles. The van der Waals surface area contributed by atoms with Gasteiger partial charge in [0.05, 0.1) is 0 Å². The molecule has 1 saturated heterocycles. The van der Waals surface area contributed by atoms with Crippen LogP contribution in [0.4, 0.5) is 11.4 Å². The number of fused-ring (bicyclic) bond motifs is 1. The molecule has 2 aromatic rings. The smallest absolute Gasteiger partial charge is 0.0446 e. The van der Waals surface area contributed by atoms with Crippen molar-refractivity contribution < 1.29 is 0 Å². The molecule has 0 saturated carbocycles. The molecule has 4 nitrogen and oxygen atoms in total. The van der Waals surface area contributed by atoms with Crippen LogP contribution in [0.5, 0.6) is 0 Å². The second-order valence-corrected chi connectivity index (χ2v) is 5.90. The highest BCUT2D eigenvalue weighted by molar-refractivity contribution is 6.00. The zero-order chi connectivity index (χ0) is 14.8. The van der Waals surface area contributed by atoms with E-state index in [9.17, 15) is 0 Å². The molecule has 1 unspecified atom stereocenters. The molecule has 0 aliphatic carbocycles. The van der Waals surface area contributed by atoms with Gasteiger partial charge in [0.2, 0.25) is 0 Å². The van der Waals surface area contributed by atoms with Crippen LogP contribution in [0.25, 0.3) is 10.8 Å². The van der Waals surface area contributed by atoms with Crippen molar-refractivity contribution in [2.75, 3.05) is 37.3 Å².